The topological polar surface area (TPSA) is 76.3 Å². The monoisotopic (exact) mass is 327 g/mol. The minimum absolute atomic E-state index is 0.0450. The van der Waals surface area contributed by atoms with Crippen LogP contribution in [-0.4, -0.2) is 39.8 Å². The lowest BCUT2D eigenvalue weighted by Crippen LogP contribution is -2.42. The summed E-state index contributed by atoms with van der Waals surface area (Å²) in [6.07, 6.45) is 4.81. The number of ketones is 1. The van der Waals surface area contributed by atoms with Crippen LogP contribution in [0.15, 0.2) is 35.1 Å². The zero-order valence-corrected chi connectivity index (χ0v) is 13.9. The Hall–Kier alpha value is -2.50. The summed E-state index contributed by atoms with van der Waals surface area (Å²) in [5.41, 5.74) is 0.911. The van der Waals surface area contributed by atoms with Crippen LogP contribution in [0.4, 0.5) is 0 Å². The second-order valence-corrected chi connectivity index (χ2v) is 6.47. The minimum Gasteiger partial charge on any atom is -0.360 e. The molecule has 6 nitrogen and oxygen atoms in total. The lowest BCUT2D eigenvalue weighted by atomic mass is 9.90. The highest BCUT2D eigenvalue weighted by atomic mass is 16.5. The van der Waals surface area contributed by atoms with E-state index in [-0.39, 0.29) is 23.5 Å². The predicted octanol–water partition coefficient (Wildman–Crippen LogP) is 2.93. The average Bonchev–Trinajstić information content (AvgIpc) is 3.12. The molecule has 0 saturated carbocycles. The molecule has 1 atom stereocenters. The van der Waals surface area contributed by atoms with Crippen LogP contribution in [0.25, 0.3) is 0 Å². The summed E-state index contributed by atoms with van der Waals surface area (Å²) in [5.74, 6) is 0.556. The van der Waals surface area contributed by atoms with Crippen LogP contribution in [-0.2, 0) is 0 Å². The largest absolute Gasteiger partial charge is 0.360 e. The summed E-state index contributed by atoms with van der Waals surface area (Å²) in [6.45, 7) is 5.02. The summed E-state index contributed by atoms with van der Waals surface area (Å²) in [7, 11) is 0. The van der Waals surface area contributed by atoms with Crippen LogP contribution >= 0.6 is 0 Å². The highest BCUT2D eigenvalue weighted by Crippen LogP contribution is 2.23. The first-order chi connectivity index (χ1) is 11.6. The van der Waals surface area contributed by atoms with Crippen molar-refractivity contribution < 1.29 is 14.1 Å². The van der Waals surface area contributed by atoms with Gasteiger partial charge in [-0.05, 0) is 25.0 Å². The number of piperidine rings is 1. The molecule has 0 bridgehead atoms. The van der Waals surface area contributed by atoms with Gasteiger partial charge in [-0.25, -0.2) is 0 Å². The second kappa shape index (κ2) is 6.95. The summed E-state index contributed by atoms with van der Waals surface area (Å²) in [6, 6.07) is 5.21. The summed E-state index contributed by atoms with van der Waals surface area (Å²) < 4.78 is 5.21. The van der Waals surface area contributed by atoms with Crippen LogP contribution in [0.5, 0.6) is 0 Å². The van der Waals surface area contributed by atoms with Gasteiger partial charge in [-0.1, -0.05) is 19.0 Å². The van der Waals surface area contributed by atoms with E-state index >= 15 is 0 Å². The molecule has 1 amide bonds. The normalized spacial score (nSPS) is 18.0. The average molecular weight is 327 g/mol. The van der Waals surface area contributed by atoms with E-state index in [2.05, 4.69) is 10.1 Å². The molecule has 1 unspecified atom stereocenters. The van der Waals surface area contributed by atoms with Crippen molar-refractivity contribution in [3.05, 3.63) is 47.6 Å². The molecule has 1 fully saturated rings. The van der Waals surface area contributed by atoms with Crippen molar-refractivity contribution in [1.29, 1.82) is 0 Å². The molecule has 0 radical (unpaired) electrons. The molecule has 3 heterocycles. The number of Topliss-reactive ketones (excluding diaryl/α,β-unsaturated/α-hetero) is 1. The van der Waals surface area contributed by atoms with Gasteiger partial charge in [0.05, 0.1) is 0 Å². The Morgan fingerprint density at radius 2 is 2.21 bits per heavy atom. The molecule has 0 aromatic carbocycles. The molecule has 6 heteroatoms. The molecular formula is C18H21N3O3. The lowest BCUT2D eigenvalue weighted by Gasteiger charge is -2.31. The zero-order chi connectivity index (χ0) is 17.1. The number of aromatic nitrogens is 2. The van der Waals surface area contributed by atoms with E-state index in [1.165, 1.54) is 0 Å². The maximum absolute atomic E-state index is 12.6. The molecule has 24 heavy (non-hydrogen) atoms. The second-order valence-electron chi connectivity index (χ2n) is 6.47. The van der Waals surface area contributed by atoms with Gasteiger partial charge in [0.2, 0.25) is 0 Å². The standard InChI is InChI=1S/C18H21N3O3/c1-12(2)16-9-15(20-24-16)18(23)21-8-4-6-14(11-21)17(22)13-5-3-7-19-10-13/h3,5,7,9-10,12,14H,4,6,8,11H2,1-2H3. The van der Waals surface area contributed by atoms with Gasteiger partial charge in [0, 0.05) is 48.9 Å². The van der Waals surface area contributed by atoms with Crippen molar-refractivity contribution >= 4 is 11.7 Å². The fraction of sp³-hybridized carbons (Fsp3) is 0.444. The number of carbonyl (C=O) groups excluding carboxylic acids is 2. The molecule has 2 aromatic rings. The van der Waals surface area contributed by atoms with Crippen LogP contribution in [0.1, 0.15) is 59.2 Å². The van der Waals surface area contributed by atoms with E-state index in [4.69, 9.17) is 4.52 Å². The number of likely N-dealkylation sites (tertiary alicyclic amines) is 1. The molecule has 126 valence electrons. The van der Waals surface area contributed by atoms with Gasteiger partial charge in [-0.15, -0.1) is 0 Å². The Morgan fingerprint density at radius 1 is 1.38 bits per heavy atom. The molecular weight excluding hydrogens is 306 g/mol. The minimum atomic E-state index is -0.191. The Bertz CT molecular complexity index is 724. The number of carbonyl (C=O) groups is 2. The van der Waals surface area contributed by atoms with Crippen LogP contribution in [0.2, 0.25) is 0 Å². The third kappa shape index (κ3) is 3.37. The fourth-order valence-electron chi connectivity index (χ4n) is 2.94. The fourth-order valence-corrected chi connectivity index (χ4v) is 2.94. The Labute approximate surface area is 140 Å². The van der Waals surface area contributed by atoms with Crippen molar-refractivity contribution in [3.63, 3.8) is 0 Å². The number of pyridine rings is 1. The molecule has 1 saturated heterocycles. The van der Waals surface area contributed by atoms with Crippen molar-refractivity contribution in [2.75, 3.05) is 13.1 Å². The zero-order valence-electron chi connectivity index (χ0n) is 13.9. The first-order valence-electron chi connectivity index (χ1n) is 8.26. The third-order valence-electron chi connectivity index (χ3n) is 4.34. The maximum atomic E-state index is 12.6. The molecule has 0 spiro atoms. The molecule has 3 rings (SSSR count). The predicted molar refractivity (Wildman–Crippen MR) is 87.8 cm³/mol. The van der Waals surface area contributed by atoms with Crippen molar-refractivity contribution in [1.82, 2.24) is 15.0 Å². The smallest absolute Gasteiger partial charge is 0.276 e. The Kier molecular flexibility index (Phi) is 4.74. The van der Waals surface area contributed by atoms with Gasteiger partial charge in [0.15, 0.2) is 11.5 Å². The number of rotatable bonds is 4. The number of hydrogen-bond donors (Lipinski definition) is 0. The van der Waals surface area contributed by atoms with Crippen LogP contribution < -0.4 is 0 Å². The van der Waals surface area contributed by atoms with Crippen molar-refractivity contribution in [3.8, 4) is 0 Å². The molecule has 0 N–H and O–H groups in total. The van der Waals surface area contributed by atoms with E-state index in [9.17, 15) is 9.59 Å². The Balaban J connectivity index is 1.70. The van der Waals surface area contributed by atoms with Crippen molar-refractivity contribution in [2.24, 2.45) is 5.92 Å². The number of amides is 1. The summed E-state index contributed by atoms with van der Waals surface area (Å²) in [5, 5.41) is 3.88. The van der Waals surface area contributed by atoms with Gasteiger partial charge in [0.25, 0.3) is 5.91 Å². The van der Waals surface area contributed by atoms with E-state index in [1.54, 1.807) is 35.5 Å². The molecule has 0 aliphatic carbocycles. The van der Waals surface area contributed by atoms with Gasteiger partial charge in [-0.2, -0.15) is 0 Å². The quantitative estimate of drug-likeness (QED) is 0.807. The maximum Gasteiger partial charge on any atom is 0.276 e. The van der Waals surface area contributed by atoms with Crippen LogP contribution in [0, 0.1) is 5.92 Å². The van der Waals surface area contributed by atoms with Gasteiger partial charge in [-0.3, -0.25) is 14.6 Å². The lowest BCUT2D eigenvalue weighted by molar-refractivity contribution is 0.0628. The highest BCUT2D eigenvalue weighted by molar-refractivity contribution is 5.98. The van der Waals surface area contributed by atoms with Crippen molar-refractivity contribution in [2.45, 2.75) is 32.6 Å². The van der Waals surface area contributed by atoms with E-state index < -0.39 is 0 Å². The number of hydrogen-bond acceptors (Lipinski definition) is 5. The SMILES string of the molecule is CC(C)c1cc(C(=O)N2CCCC(C(=O)c3cccnc3)C2)no1. The van der Waals surface area contributed by atoms with E-state index in [1.807, 2.05) is 13.8 Å². The summed E-state index contributed by atoms with van der Waals surface area (Å²) >= 11 is 0. The van der Waals surface area contributed by atoms with Crippen LogP contribution in [0.3, 0.4) is 0 Å². The highest BCUT2D eigenvalue weighted by Gasteiger charge is 2.30. The first kappa shape index (κ1) is 16.4. The Morgan fingerprint density at radius 3 is 2.88 bits per heavy atom. The molecule has 1 aliphatic rings. The van der Waals surface area contributed by atoms with Gasteiger partial charge >= 0.3 is 0 Å². The van der Waals surface area contributed by atoms with E-state index in [0.29, 0.717) is 30.1 Å². The van der Waals surface area contributed by atoms with Gasteiger partial charge < -0.3 is 9.42 Å². The summed E-state index contributed by atoms with van der Waals surface area (Å²) in [4.78, 5) is 30.9. The van der Waals surface area contributed by atoms with E-state index in [0.717, 1.165) is 12.8 Å². The molecule has 1 aliphatic heterocycles. The third-order valence-corrected chi connectivity index (χ3v) is 4.34. The number of nitrogens with zero attached hydrogens (tertiary/aromatic N) is 3. The molecule has 2 aromatic heterocycles. The van der Waals surface area contributed by atoms with Gasteiger partial charge in [0.1, 0.15) is 5.76 Å². The first-order valence-corrected chi connectivity index (χ1v) is 8.26.